The Morgan fingerprint density at radius 2 is 1.81 bits per heavy atom. The maximum absolute atomic E-state index is 13.6. The Balaban J connectivity index is 0.00000380. The fraction of sp³-hybridized carbons (Fsp3) is 0.640. The van der Waals surface area contributed by atoms with Crippen LogP contribution in [-0.4, -0.2) is 106 Å². The molecular weight excluding hydrogens is 521 g/mol. The number of nitrogens with zero attached hydrogens (tertiary/aromatic N) is 4. The quantitative estimate of drug-likeness (QED) is 0.470. The number of hydrogen-bond donors (Lipinski definition) is 1. The Kier molecular flexibility index (Phi) is 10.2. The molecule has 1 atom stereocenters. The first kappa shape index (κ1) is 29.6. The minimum absolute atomic E-state index is 0. The molecule has 1 fully saturated rings. The first-order chi connectivity index (χ1) is 17.3. The number of carbonyl (C=O) groups is 1. The van der Waals surface area contributed by atoms with E-state index in [4.69, 9.17) is 4.74 Å². The van der Waals surface area contributed by atoms with Crippen molar-refractivity contribution in [1.82, 2.24) is 24.3 Å². The molecule has 1 saturated heterocycles. The number of nitrogens with one attached hydrogen (secondary N) is 1. The van der Waals surface area contributed by atoms with Gasteiger partial charge in [0.1, 0.15) is 18.1 Å². The molecule has 9 nitrogen and oxygen atoms in total. The number of sulfonamides is 1. The minimum atomic E-state index is -3.75. The van der Waals surface area contributed by atoms with Crippen LogP contribution in [0.2, 0.25) is 0 Å². The van der Waals surface area contributed by atoms with Crippen LogP contribution in [0.3, 0.4) is 0 Å². The fourth-order valence-corrected chi connectivity index (χ4v) is 6.72. The van der Waals surface area contributed by atoms with E-state index in [-0.39, 0.29) is 23.2 Å². The molecular formula is C25H39ClFN5O4S. The summed E-state index contributed by atoms with van der Waals surface area (Å²) in [7, 11) is -1.84. The Morgan fingerprint density at radius 3 is 2.46 bits per heavy atom. The van der Waals surface area contributed by atoms with Crippen LogP contribution in [0.4, 0.5) is 4.39 Å². The van der Waals surface area contributed by atoms with Crippen molar-refractivity contribution in [2.24, 2.45) is 0 Å². The van der Waals surface area contributed by atoms with Gasteiger partial charge in [0.15, 0.2) is 0 Å². The molecule has 0 spiro atoms. The predicted molar refractivity (Wildman–Crippen MR) is 143 cm³/mol. The molecule has 1 N–H and O–H groups in total. The summed E-state index contributed by atoms with van der Waals surface area (Å²) in [4.78, 5) is 19.3. The van der Waals surface area contributed by atoms with E-state index in [1.54, 1.807) is 18.2 Å². The molecule has 3 aliphatic rings. The van der Waals surface area contributed by atoms with Gasteiger partial charge in [-0.05, 0) is 43.2 Å². The molecule has 1 unspecified atom stereocenters. The van der Waals surface area contributed by atoms with E-state index in [1.165, 1.54) is 4.31 Å². The van der Waals surface area contributed by atoms with E-state index >= 15 is 0 Å². The Morgan fingerprint density at radius 1 is 1.08 bits per heavy atom. The molecule has 1 aromatic carbocycles. The zero-order valence-electron chi connectivity index (χ0n) is 21.9. The second-order valence-corrected chi connectivity index (χ2v) is 11.6. The van der Waals surface area contributed by atoms with Crippen LogP contribution < -0.4 is 10.1 Å². The van der Waals surface area contributed by atoms with Crippen molar-refractivity contribution in [2.75, 3.05) is 72.8 Å². The number of alkyl halides is 1. The first-order valence-electron chi connectivity index (χ1n) is 12.8. The number of amides is 1. The molecule has 1 amide bonds. The highest BCUT2D eigenvalue weighted by molar-refractivity contribution is 7.89. The van der Waals surface area contributed by atoms with Gasteiger partial charge in [-0.15, -0.1) is 12.4 Å². The van der Waals surface area contributed by atoms with E-state index in [0.717, 1.165) is 25.0 Å². The van der Waals surface area contributed by atoms with E-state index in [9.17, 15) is 17.6 Å². The maximum Gasteiger partial charge on any atom is 0.268 e. The lowest BCUT2D eigenvalue weighted by molar-refractivity contribution is -0.118. The number of ether oxygens (including phenoxy) is 1. The number of hydrogen-bond acceptors (Lipinski definition) is 7. The second-order valence-electron chi connectivity index (χ2n) is 9.66. The Labute approximate surface area is 226 Å². The second kappa shape index (κ2) is 12.8. The van der Waals surface area contributed by atoms with Gasteiger partial charge in [-0.1, -0.05) is 13.8 Å². The lowest BCUT2D eigenvalue weighted by Crippen LogP contribution is -2.49. The van der Waals surface area contributed by atoms with Crippen LogP contribution in [0.25, 0.3) is 0 Å². The van der Waals surface area contributed by atoms with Crippen molar-refractivity contribution in [3.8, 4) is 5.75 Å². The van der Waals surface area contributed by atoms with Crippen molar-refractivity contribution in [1.29, 1.82) is 0 Å². The average Bonchev–Trinajstić information content (AvgIpc) is 3.19. The number of piperazine rings is 1. The topological polar surface area (TPSA) is 85.4 Å². The van der Waals surface area contributed by atoms with Gasteiger partial charge in [0.05, 0.1) is 24.2 Å². The van der Waals surface area contributed by atoms with E-state index in [1.807, 2.05) is 23.8 Å². The molecule has 1 aromatic rings. The predicted octanol–water partition coefficient (Wildman–Crippen LogP) is 2.21. The van der Waals surface area contributed by atoms with E-state index < -0.39 is 22.7 Å². The standard InChI is InChI=1S/C25H38FN5O4S.ClH/c1-4-9-30-17-21-23(27-25(32)24(21)28(3)18-30)20-16-19(6-7-22(20)35-15-5-2)36(33,34)31-13-11-29(10-8-26)12-14-31;/h6-7,16,23H,4-5,8-15,17-18H2,1-3H3,(H,27,32);1H. The van der Waals surface area contributed by atoms with Crippen LogP contribution in [-0.2, 0) is 14.8 Å². The van der Waals surface area contributed by atoms with Crippen LogP contribution in [0.5, 0.6) is 5.75 Å². The third-order valence-corrected chi connectivity index (χ3v) is 8.89. The molecule has 12 heteroatoms. The monoisotopic (exact) mass is 559 g/mol. The number of rotatable bonds is 10. The van der Waals surface area contributed by atoms with Crippen LogP contribution in [0.1, 0.15) is 38.3 Å². The zero-order chi connectivity index (χ0) is 25.9. The SMILES string of the molecule is CCCOc1ccc(S(=O)(=O)N2CCN(CCF)CC2)cc1C1NC(=O)C2=C1CN(CCC)CN2C.Cl. The van der Waals surface area contributed by atoms with E-state index in [2.05, 4.69) is 17.1 Å². The van der Waals surface area contributed by atoms with Crippen LogP contribution >= 0.6 is 12.4 Å². The Bertz CT molecular complexity index is 1090. The Hall–Kier alpha value is -1.92. The van der Waals surface area contributed by atoms with Gasteiger partial charge in [0, 0.05) is 51.9 Å². The largest absolute Gasteiger partial charge is 0.493 e. The van der Waals surface area contributed by atoms with Gasteiger partial charge in [-0.25, -0.2) is 12.8 Å². The van der Waals surface area contributed by atoms with Crippen molar-refractivity contribution >= 4 is 28.3 Å². The van der Waals surface area contributed by atoms with Crippen molar-refractivity contribution in [3.05, 3.63) is 35.0 Å². The lowest BCUT2D eigenvalue weighted by Gasteiger charge is -2.35. The van der Waals surface area contributed by atoms with Gasteiger partial charge in [0.25, 0.3) is 5.91 Å². The molecule has 37 heavy (non-hydrogen) atoms. The smallest absolute Gasteiger partial charge is 0.268 e. The third kappa shape index (κ3) is 6.22. The van der Waals surface area contributed by atoms with Crippen molar-refractivity contribution < 1.29 is 22.3 Å². The number of benzene rings is 1. The van der Waals surface area contributed by atoms with Crippen molar-refractivity contribution in [3.63, 3.8) is 0 Å². The summed E-state index contributed by atoms with van der Waals surface area (Å²) in [6, 6.07) is 4.49. The summed E-state index contributed by atoms with van der Waals surface area (Å²) in [5.41, 5.74) is 2.26. The minimum Gasteiger partial charge on any atom is -0.493 e. The number of halogens is 2. The zero-order valence-corrected chi connectivity index (χ0v) is 23.5. The fourth-order valence-electron chi connectivity index (χ4n) is 5.26. The van der Waals surface area contributed by atoms with Gasteiger partial charge in [-0.3, -0.25) is 14.6 Å². The summed E-state index contributed by atoms with van der Waals surface area (Å²) in [6.45, 7) is 8.37. The van der Waals surface area contributed by atoms with Gasteiger partial charge < -0.3 is 15.0 Å². The first-order valence-corrected chi connectivity index (χ1v) is 14.3. The molecule has 4 rings (SSSR count). The number of carbonyl (C=O) groups excluding carboxylic acids is 1. The van der Waals surface area contributed by atoms with Gasteiger partial charge in [0.2, 0.25) is 10.0 Å². The summed E-state index contributed by atoms with van der Waals surface area (Å²) in [5, 5.41) is 3.09. The van der Waals surface area contributed by atoms with Gasteiger partial charge >= 0.3 is 0 Å². The maximum atomic E-state index is 13.6. The molecule has 0 radical (unpaired) electrons. The molecule has 3 heterocycles. The summed E-state index contributed by atoms with van der Waals surface area (Å²) >= 11 is 0. The summed E-state index contributed by atoms with van der Waals surface area (Å²) in [6.07, 6.45) is 1.81. The summed E-state index contributed by atoms with van der Waals surface area (Å²) < 4.78 is 47.3. The van der Waals surface area contributed by atoms with Crippen molar-refractivity contribution in [2.45, 2.75) is 37.6 Å². The highest BCUT2D eigenvalue weighted by Gasteiger charge is 2.40. The molecule has 0 saturated carbocycles. The van der Waals surface area contributed by atoms with Crippen LogP contribution in [0, 0.1) is 0 Å². The highest BCUT2D eigenvalue weighted by Crippen LogP contribution is 2.39. The molecule has 0 aromatic heterocycles. The molecule has 0 aliphatic carbocycles. The highest BCUT2D eigenvalue weighted by atomic mass is 35.5. The molecule has 3 aliphatic heterocycles. The summed E-state index contributed by atoms with van der Waals surface area (Å²) in [5.74, 6) is 0.435. The van der Waals surface area contributed by atoms with Crippen LogP contribution in [0.15, 0.2) is 34.4 Å². The molecule has 208 valence electrons. The molecule has 0 bridgehead atoms. The third-order valence-electron chi connectivity index (χ3n) is 6.99. The van der Waals surface area contributed by atoms with E-state index in [0.29, 0.717) is 69.6 Å². The number of likely N-dealkylation sites (N-methyl/N-ethyl adjacent to an activating group) is 1. The lowest BCUT2D eigenvalue weighted by atomic mass is 9.97. The normalized spacial score (nSPS) is 21.6. The average molecular weight is 560 g/mol. The van der Waals surface area contributed by atoms with Gasteiger partial charge in [-0.2, -0.15) is 4.31 Å².